The molecular weight excluding hydrogens is 284 g/mol. The summed E-state index contributed by atoms with van der Waals surface area (Å²) in [6.45, 7) is 2.52. The lowest BCUT2D eigenvalue weighted by atomic mass is 9.87. The topological polar surface area (TPSA) is 72.2 Å². The largest absolute Gasteiger partial charge is 0.398 e. The average Bonchev–Trinajstić information content (AvgIpc) is 2.48. The lowest BCUT2D eigenvalue weighted by Gasteiger charge is -2.21. The number of hydrogen-bond acceptors (Lipinski definition) is 3. The fraction of sp³-hybridized carbons (Fsp3) is 0.625. The number of nitrogens with one attached hydrogen (secondary N) is 1. The van der Waals surface area contributed by atoms with Gasteiger partial charge in [-0.15, -0.1) is 0 Å². The molecule has 3 N–H and O–H groups in total. The molecule has 4 nitrogen and oxygen atoms in total. The zero-order valence-corrected chi connectivity index (χ0v) is 13.6. The Kier molecular flexibility index (Phi) is 5.65. The third kappa shape index (κ3) is 4.45. The van der Waals surface area contributed by atoms with Crippen LogP contribution in [0.1, 0.15) is 51.0 Å². The van der Waals surface area contributed by atoms with Crippen LogP contribution >= 0.6 is 0 Å². The minimum Gasteiger partial charge on any atom is -0.398 e. The Morgan fingerprint density at radius 3 is 2.57 bits per heavy atom. The summed E-state index contributed by atoms with van der Waals surface area (Å²) in [7, 11) is -3.44. The van der Waals surface area contributed by atoms with Crippen molar-refractivity contribution in [2.24, 2.45) is 5.92 Å². The second kappa shape index (κ2) is 7.27. The molecule has 1 fully saturated rings. The van der Waals surface area contributed by atoms with Gasteiger partial charge < -0.3 is 5.73 Å². The van der Waals surface area contributed by atoms with Gasteiger partial charge in [0.05, 0.1) is 4.90 Å². The van der Waals surface area contributed by atoms with E-state index in [-0.39, 0.29) is 4.90 Å². The molecule has 1 saturated carbocycles. The van der Waals surface area contributed by atoms with Crippen LogP contribution in [0.5, 0.6) is 0 Å². The van der Waals surface area contributed by atoms with Crippen LogP contribution in [0.2, 0.25) is 0 Å². The quantitative estimate of drug-likeness (QED) is 0.793. The van der Waals surface area contributed by atoms with Crippen molar-refractivity contribution in [3.05, 3.63) is 23.8 Å². The van der Waals surface area contributed by atoms with Gasteiger partial charge in [-0.2, -0.15) is 0 Å². The fourth-order valence-corrected chi connectivity index (χ4v) is 4.10. The van der Waals surface area contributed by atoms with E-state index >= 15 is 0 Å². The Hall–Kier alpha value is -1.07. The van der Waals surface area contributed by atoms with Gasteiger partial charge >= 0.3 is 0 Å². The molecule has 0 amide bonds. The summed E-state index contributed by atoms with van der Waals surface area (Å²) in [5.41, 5.74) is 7.41. The van der Waals surface area contributed by atoms with Crippen molar-refractivity contribution >= 4 is 15.7 Å². The van der Waals surface area contributed by atoms with Gasteiger partial charge in [0.15, 0.2) is 0 Å². The van der Waals surface area contributed by atoms with Crippen molar-refractivity contribution in [2.75, 3.05) is 12.3 Å². The molecule has 0 heterocycles. The molecule has 1 aromatic rings. The molecule has 1 aromatic carbocycles. The van der Waals surface area contributed by atoms with Crippen LogP contribution in [-0.4, -0.2) is 15.0 Å². The maximum Gasteiger partial charge on any atom is 0.240 e. The van der Waals surface area contributed by atoms with Crippen LogP contribution in [0.15, 0.2) is 23.1 Å². The molecule has 0 aromatic heterocycles. The van der Waals surface area contributed by atoms with E-state index < -0.39 is 10.0 Å². The number of nitrogens with two attached hydrogens (primary N) is 1. The molecular formula is C16H26N2O2S. The highest BCUT2D eigenvalue weighted by Crippen LogP contribution is 2.26. The number of sulfonamides is 1. The van der Waals surface area contributed by atoms with Crippen LogP contribution in [0.25, 0.3) is 0 Å². The zero-order chi connectivity index (χ0) is 15.3. The Bertz CT molecular complexity index is 564. The Morgan fingerprint density at radius 1 is 1.24 bits per heavy atom. The van der Waals surface area contributed by atoms with Gasteiger partial charge in [-0.1, -0.05) is 45.1 Å². The molecule has 0 unspecified atom stereocenters. The van der Waals surface area contributed by atoms with E-state index in [4.69, 9.17) is 5.73 Å². The molecule has 5 heteroatoms. The number of benzene rings is 1. The molecule has 0 radical (unpaired) electrons. The van der Waals surface area contributed by atoms with Gasteiger partial charge in [0.1, 0.15) is 0 Å². The first kappa shape index (κ1) is 16.3. The lowest BCUT2D eigenvalue weighted by molar-refractivity contribution is 0.339. The van der Waals surface area contributed by atoms with Crippen molar-refractivity contribution in [2.45, 2.75) is 56.8 Å². The smallest absolute Gasteiger partial charge is 0.240 e. The minimum atomic E-state index is -3.44. The number of aryl methyl sites for hydroxylation is 1. The van der Waals surface area contributed by atoms with E-state index in [1.54, 1.807) is 18.2 Å². The fourth-order valence-electron chi connectivity index (χ4n) is 3.02. The van der Waals surface area contributed by atoms with Gasteiger partial charge in [0, 0.05) is 12.2 Å². The lowest BCUT2D eigenvalue weighted by Crippen LogP contribution is -2.26. The summed E-state index contributed by atoms with van der Waals surface area (Å²) in [4.78, 5) is 0.265. The summed E-state index contributed by atoms with van der Waals surface area (Å²) >= 11 is 0. The Morgan fingerprint density at radius 2 is 1.95 bits per heavy atom. The van der Waals surface area contributed by atoms with Gasteiger partial charge in [0.25, 0.3) is 0 Å². The first-order valence-corrected chi connectivity index (χ1v) is 9.39. The standard InChI is InChI=1S/C16H26N2O2S/c1-2-14-8-9-15(12-16(14)17)21(19,20)18-11-10-13-6-4-3-5-7-13/h8-9,12-13,18H,2-7,10-11,17H2,1H3. The highest BCUT2D eigenvalue weighted by molar-refractivity contribution is 7.89. The van der Waals surface area contributed by atoms with Gasteiger partial charge in [-0.25, -0.2) is 13.1 Å². The van der Waals surface area contributed by atoms with Crippen LogP contribution in [0, 0.1) is 5.92 Å². The number of hydrogen-bond donors (Lipinski definition) is 2. The highest BCUT2D eigenvalue weighted by Gasteiger charge is 2.17. The molecule has 0 saturated heterocycles. The van der Waals surface area contributed by atoms with Crippen molar-refractivity contribution in [1.82, 2.24) is 4.72 Å². The maximum absolute atomic E-state index is 12.3. The van der Waals surface area contributed by atoms with Crippen molar-refractivity contribution in [3.63, 3.8) is 0 Å². The van der Waals surface area contributed by atoms with Crippen LogP contribution in [0.4, 0.5) is 5.69 Å². The van der Waals surface area contributed by atoms with Gasteiger partial charge in [0.2, 0.25) is 10.0 Å². The van der Waals surface area contributed by atoms with Crippen molar-refractivity contribution in [3.8, 4) is 0 Å². The Labute approximate surface area is 128 Å². The monoisotopic (exact) mass is 310 g/mol. The van der Waals surface area contributed by atoms with Crippen LogP contribution < -0.4 is 10.5 Å². The third-order valence-electron chi connectivity index (χ3n) is 4.38. The van der Waals surface area contributed by atoms with Crippen LogP contribution in [0.3, 0.4) is 0 Å². The third-order valence-corrected chi connectivity index (χ3v) is 5.84. The number of rotatable bonds is 6. The predicted molar refractivity (Wildman–Crippen MR) is 86.6 cm³/mol. The molecule has 0 spiro atoms. The number of anilines is 1. The van der Waals surface area contributed by atoms with E-state index in [0.29, 0.717) is 18.2 Å². The molecule has 21 heavy (non-hydrogen) atoms. The molecule has 0 aliphatic heterocycles. The van der Waals surface area contributed by atoms with E-state index in [9.17, 15) is 8.42 Å². The Balaban J connectivity index is 1.93. The van der Waals surface area contributed by atoms with E-state index in [1.807, 2.05) is 6.92 Å². The zero-order valence-electron chi connectivity index (χ0n) is 12.8. The van der Waals surface area contributed by atoms with Gasteiger partial charge in [-0.3, -0.25) is 0 Å². The SMILES string of the molecule is CCc1ccc(S(=O)(=O)NCCC2CCCCC2)cc1N. The molecule has 1 aliphatic rings. The summed E-state index contributed by atoms with van der Waals surface area (Å²) in [5.74, 6) is 0.675. The second-order valence-electron chi connectivity index (χ2n) is 5.90. The van der Waals surface area contributed by atoms with E-state index in [0.717, 1.165) is 18.4 Å². The first-order chi connectivity index (χ1) is 10.0. The molecule has 1 aliphatic carbocycles. The van der Waals surface area contributed by atoms with Gasteiger partial charge in [-0.05, 0) is 36.5 Å². The maximum atomic E-state index is 12.3. The molecule has 118 valence electrons. The minimum absolute atomic E-state index is 0.265. The predicted octanol–water partition coefficient (Wildman–Crippen LogP) is 3.08. The normalized spacial score (nSPS) is 17.0. The summed E-state index contributed by atoms with van der Waals surface area (Å²) in [6, 6.07) is 4.99. The van der Waals surface area contributed by atoms with Crippen molar-refractivity contribution < 1.29 is 8.42 Å². The summed E-state index contributed by atoms with van der Waals surface area (Å²) < 4.78 is 27.2. The van der Waals surface area contributed by atoms with E-state index in [1.165, 1.54) is 32.1 Å². The molecule has 0 atom stereocenters. The van der Waals surface area contributed by atoms with E-state index in [2.05, 4.69) is 4.72 Å². The highest BCUT2D eigenvalue weighted by atomic mass is 32.2. The van der Waals surface area contributed by atoms with Crippen molar-refractivity contribution in [1.29, 1.82) is 0 Å². The van der Waals surface area contributed by atoms with Crippen LogP contribution in [-0.2, 0) is 16.4 Å². The summed E-state index contributed by atoms with van der Waals surface area (Å²) in [6.07, 6.45) is 8.10. The summed E-state index contributed by atoms with van der Waals surface area (Å²) in [5, 5.41) is 0. The average molecular weight is 310 g/mol. The molecule has 2 rings (SSSR count). The first-order valence-electron chi connectivity index (χ1n) is 7.91. The second-order valence-corrected chi connectivity index (χ2v) is 7.67. The number of nitrogen functional groups attached to an aromatic ring is 1. The molecule has 0 bridgehead atoms.